The van der Waals surface area contributed by atoms with Crippen LogP contribution in [0.2, 0.25) is 0 Å². The Morgan fingerprint density at radius 1 is 1.33 bits per heavy atom. The normalized spacial score (nSPS) is 18.0. The van der Waals surface area contributed by atoms with E-state index in [9.17, 15) is 13.2 Å². The van der Waals surface area contributed by atoms with Gasteiger partial charge in [-0.15, -0.1) is 0 Å². The van der Waals surface area contributed by atoms with Crippen LogP contribution in [0.1, 0.15) is 18.4 Å². The number of anilines is 1. The number of halogens is 3. The number of nitrogens with one attached hydrogen (secondary N) is 1. The van der Waals surface area contributed by atoms with Gasteiger partial charge in [0.05, 0.1) is 10.2 Å². The van der Waals surface area contributed by atoms with Crippen molar-refractivity contribution in [3.05, 3.63) is 23.8 Å². The largest absolute Gasteiger partial charge is 0.411 e. The molecule has 1 aliphatic carbocycles. The summed E-state index contributed by atoms with van der Waals surface area (Å²) in [5, 5.41) is 2.91. The summed E-state index contributed by atoms with van der Waals surface area (Å²) in [5.74, 6) is 0. The van der Waals surface area contributed by atoms with Crippen molar-refractivity contribution < 1.29 is 13.2 Å². The van der Waals surface area contributed by atoms with Gasteiger partial charge in [0, 0.05) is 0 Å². The zero-order chi connectivity index (χ0) is 13.0. The van der Waals surface area contributed by atoms with Crippen LogP contribution >= 0.6 is 11.3 Å². The lowest BCUT2D eigenvalue weighted by molar-refractivity contribution is -0.151. The van der Waals surface area contributed by atoms with Crippen LogP contribution in [0.15, 0.2) is 18.2 Å². The smallest absolute Gasteiger partial charge is 0.347 e. The molecule has 0 radical (unpaired) electrons. The number of hydrogen-bond acceptors (Lipinski definition) is 3. The molecule has 1 aromatic carbocycles. The highest BCUT2D eigenvalue weighted by atomic mass is 32.1. The fourth-order valence-electron chi connectivity index (χ4n) is 1.90. The first-order valence-electron chi connectivity index (χ1n) is 5.62. The predicted octanol–water partition coefficient (Wildman–Crippen LogP) is 4.11. The van der Waals surface area contributed by atoms with Gasteiger partial charge in [0.2, 0.25) is 0 Å². The van der Waals surface area contributed by atoms with Crippen molar-refractivity contribution in [2.45, 2.75) is 31.5 Å². The molecule has 96 valence electrons. The quantitative estimate of drug-likeness (QED) is 0.889. The second-order valence-electron chi connectivity index (χ2n) is 4.70. The number of alkyl halides is 3. The van der Waals surface area contributed by atoms with Gasteiger partial charge in [-0.3, -0.25) is 0 Å². The van der Waals surface area contributed by atoms with E-state index in [1.807, 2.05) is 25.1 Å². The highest BCUT2D eigenvalue weighted by Crippen LogP contribution is 2.51. The Bertz CT molecular complexity index is 599. The lowest BCUT2D eigenvalue weighted by Gasteiger charge is -2.19. The summed E-state index contributed by atoms with van der Waals surface area (Å²) >= 11 is 1.27. The molecule has 0 aliphatic heterocycles. The molecule has 0 spiro atoms. The van der Waals surface area contributed by atoms with E-state index < -0.39 is 11.7 Å². The lowest BCUT2D eigenvalue weighted by Crippen LogP contribution is -2.38. The van der Waals surface area contributed by atoms with Crippen molar-refractivity contribution in [1.82, 2.24) is 4.98 Å². The number of rotatable bonds is 2. The molecule has 6 heteroatoms. The maximum absolute atomic E-state index is 12.8. The van der Waals surface area contributed by atoms with Crippen LogP contribution in [0.25, 0.3) is 10.2 Å². The fourth-order valence-corrected chi connectivity index (χ4v) is 2.84. The number of nitrogens with zero attached hydrogens (tertiary/aromatic N) is 1. The molecule has 1 saturated carbocycles. The number of hydrogen-bond donors (Lipinski definition) is 1. The summed E-state index contributed by atoms with van der Waals surface area (Å²) in [4.78, 5) is 4.22. The number of fused-ring (bicyclic) bond motifs is 1. The standard InChI is InChI=1S/C12H11F3N2S/c1-7-2-3-9-8(6-7)16-10(18-9)17-11(4-5-11)12(13,14)15/h2-3,6H,4-5H2,1H3,(H,16,17). The Morgan fingerprint density at radius 2 is 2.06 bits per heavy atom. The van der Waals surface area contributed by atoms with Gasteiger partial charge in [-0.1, -0.05) is 17.4 Å². The Morgan fingerprint density at radius 3 is 2.67 bits per heavy atom. The molecular weight excluding hydrogens is 261 g/mol. The summed E-state index contributed by atoms with van der Waals surface area (Å²) in [7, 11) is 0. The van der Waals surface area contributed by atoms with E-state index in [1.54, 1.807) is 0 Å². The van der Waals surface area contributed by atoms with Gasteiger partial charge >= 0.3 is 6.18 Å². The van der Waals surface area contributed by atoms with Crippen LogP contribution in [0.4, 0.5) is 18.3 Å². The van der Waals surface area contributed by atoms with E-state index in [0.29, 0.717) is 5.13 Å². The molecule has 1 heterocycles. The van der Waals surface area contributed by atoms with Crippen LogP contribution in [-0.2, 0) is 0 Å². The molecular formula is C12H11F3N2S. The number of aromatic nitrogens is 1. The molecule has 1 aliphatic rings. The molecule has 1 fully saturated rings. The second-order valence-corrected chi connectivity index (χ2v) is 5.73. The highest BCUT2D eigenvalue weighted by Gasteiger charge is 2.63. The Kier molecular flexibility index (Phi) is 2.35. The van der Waals surface area contributed by atoms with Crippen LogP contribution in [-0.4, -0.2) is 16.7 Å². The molecule has 0 saturated heterocycles. The molecule has 0 bridgehead atoms. The summed E-state index contributed by atoms with van der Waals surface area (Å²) in [6.45, 7) is 1.93. The number of benzene rings is 1. The van der Waals surface area contributed by atoms with E-state index in [4.69, 9.17) is 0 Å². The zero-order valence-corrected chi connectivity index (χ0v) is 10.5. The average Bonchev–Trinajstić information content (AvgIpc) is 2.92. The van der Waals surface area contributed by atoms with Crippen LogP contribution in [0.3, 0.4) is 0 Å². The van der Waals surface area contributed by atoms with Gasteiger partial charge in [-0.05, 0) is 37.5 Å². The van der Waals surface area contributed by atoms with Crippen molar-refractivity contribution in [1.29, 1.82) is 0 Å². The predicted molar refractivity (Wildman–Crippen MR) is 66.0 cm³/mol. The Balaban J connectivity index is 1.92. The van der Waals surface area contributed by atoms with Gasteiger partial charge in [-0.25, -0.2) is 4.98 Å². The van der Waals surface area contributed by atoms with Crippen molar-refractivity contribution in [3.8, 4) is 0 Å². The van der Waals surface area contributed by atoms with E-state index >= 15 is 0 Å². The summed E-state index contributed by atoms with van der Waals surface area (Å²) in [6.07, 6.45) is -3.95. The van der Waals surface area contributed by atoms with E-state index in [-0.39, 0.29) is 12.8 Å². The third-order valence-electron chi connectivity index (χ3n) is 3.18. The molecule has 0 atom stereocenters. The first kappa shape index (κ1) is 11.8. The molecule has 2 nitrogen and oxygen atoms in total. The molecule has 1 aromatic heterocycles. The van der Waals surface area contributed by atoms with E-state index in [2.05, 4.69) is 10.3 Å². The molecule has 0 amide bonds. The first-order valence-corrected chi connectivity index (χ1v) is 6.43. The maximum atomic E-state index is 12.8. The number of aryl methyl sites for hydroxylation is 1. The van der Waals surface area contributed by atoms with Crippen molar-refractivity contribution in [2.75, 3.05) is 5.32 Å². The topological polar surface area (TPSA) is 24.9 Å². The summed E-state index contributed by atoms with van der Waals surface area (Å²) in [6, 6.07) is 5.70. The van der Waals surface area contributed by atoms with Gasteiger partial charge in [0.15, 0.2) is 5.13 Å². The minimum absolute atomic E-state index is 0.130. The van der Waals surface area contributed by atoms with Crippen LogP contribution in [0.5, 0.6) is 0 Å². The molecule has 2 aromatic rings. The van der Waals surface area contributed by atoms with Gasteiger partial charge in [0.25, 0.3) is 0 Å². The third-order valence-corrected chi connectivity index (χ3v) is 4.13. The van der Waals surface area contributed by atoms with Crippen LogP contribution < -0.4 is 5.32 Å². The van der Waals surface area contributed by atoms with E-state index in [0.717, 1.165) is 15.8 Å². The maximum Gasteiger partial charge on any atom is 0.411 e. The summed E-state index contributed by atoms with van der Waals surface area (Å²) in [5.41, 5.74) is 0.0624. The minimum Gasteiger partial charge on any atom is -0.347 e. The van der Waals surface area contributed by atoms with Gasteiger partial charge in [-0.2, -0.15) is 13.2 Å². The molecule has 3 rings (SSSR count). The SMILES string of the molecule is Cc1ccc2sc(NC3(C(F)(F)F)CC3)nc2c1. The van der Waals surface area contributed by atoms with Crippen molar-refractivity contribution in [2.24, 2.45) is 0 Å². The lowest BCUT2D eigenvalue weighted by atomic mass is 10.2. The Hall–Kier alpha value is -1.30. The Labute approximate surface area is 106 Å². The van der Waals surface area contributed by atoms with E-state index in [1.165, 1.54) is 11.3 Å². The fraction of sp³-hybridized carbons (Fsp3) is 0.417. The number of thiazole rings is 1. The minimum atomic E-state index is -4.21. The summed E-state index contributed by atoms with van der Waals surface area (Å²) < 4.78 is 39.4. The average molecular weight is 272 g/mol. The molecule has 0 unspecified atom stereocenters. The first-order chi connectivity index (χ1) is 8.40. The van der Waals surface area contributed by atoms with Gasteiger partial charge < -0.3 is 5.32 Å². The highest BCUT2D eigenvalue weighted by molar-refractivity contribution is 7.22. The van der Waals surface area contributed by atoms with Crippen molar-refractivity contribution in [3.63, 3.8) is 0 Å². The van der Waals surface area contributed by atoms with Crippen molar-refractivity contribution >= 4 is 26.7 Å². The second kappa shape index (κ2) is 3.60. The van der Waals surface area contributed by atoms with Crippen LogP contribution in [0, 0.1) is 6.92 Å². The third kappa shape index (κ3) is 1.84. The zero-order valence-electron chi connectivity index (χ0n) is 9.64. The van der Waals surface area contributed by atoms with Gasteiger partial charge in [0.1, 0.15) is 5.54 Å². The molecule has 18 heavy (non-hydrogen) atoms. The molecule has 1 N–H and O–H groups in total. The monoisotopic (exact) mass is 272 g/mol.